The zero-order valence-electron chi connectivity index (χ0n) is 20.7. The first-order valence-corrected chi connectivity index (χ1v) is 11.0. The highest BCUT2D eigenvalue weighted by Gasteiger charge is 2.52. The maximum atomic E-state index is 12.6. The molecule has 0 atom stereocenters. The van der Waals surface area contributed by atoms with Crippen molar-refractivity contribution in [2.45, 2.75) is 85.7 Å². The fourth-order valence-corrected chi connectivity index (χ4v) is 2.98. The van der Waals surface area contributed by atoms with E-state index in [1.165, 1.54) is 0 Å². The molecule has 0 bridgehead atoms. The number of nitrogens with zero attached hydrogens (tertiary/aromatic N) is 1. The van der Waals surface area contributed by atoms with Gasteiger partial charge in [0, 0.05) is 18.6 Å². The Labute approximate surface area is 191 Å². The van der Waals surface area contributed by atoms with E-state index < -0.39 is 36.2 Å². The van der Waals surface area contributed by atoms with Gasteiger partial charge >= 0.3 is 19.4 Å². The Hall–Kier alpha value is -2.26. The maximum Gasteiger partial charge on any atom is 0.509 e. The number of carbonyl (C=O) groups excluding carboxylic acids is 2. The molecule has 178 valence electrons. The lowest BCUT2D eigenvalue weighted by Gasteiger charge is -2.32. The van der Waals surface area contributed by atoms with E-state index in [9.17, 15) is 9.59 Å². The van der Waals surface area contributed by atoms with E-state index in [0.29, 0.717) is 29.9 Å². The van der Waals surface area contributed by atoms with Gasteiger partial charge in [-0.05, 0) is 73.9 Å². The number of rotatable bonds is 6. The van der Waals surface area contributed by atoms with E-state index >= 15 is 0 Å². The minimum atomic E-state index is -0.769. The first-order chi connectivity index (χ1) is 14.7. The molecule has 0 aromatic heterocycles. The monoisotopic (exact) mass is 449 g/mol. The van der Waals surface area contributed by atoms with Crippen LogP contribution in [0.1, 0.15) is 67.9 Å². The molecule has 0 aliphatic carbocycles. The summed E-state index contributed by atoms with van der Waals surface area (Å²) in [6.45, 7) is 17.9. The van der Waals surface area contributed by atoms with Crippen LogP contribution < -0.4 is 10.2 Å². The van der Waals surface area contributed by atoms with Crippen molar-refractivity contribution in [3.05, 3.63) is 23.8 Å². The lowest BCUT2D eigenvalue weighted by atomic mass is 9.78. The fourth-order valence-electron chi connectivity index (χ4n) is 2.98. The average Bonchev–Trinajstić information content (AvgIpc) is 2.87. The predicted octanol–water partition coefficient (Wildman–Crippen LogP) is 4.28. The molecule has 0 radical (unpaired) electrons. The minimum absolute atomic E-state index is 0.0334. The summed E-state index contributed by atoms with van der Waals surface area (Å²) in [6.07, 6.45) is -1.24. The Bertz CT molecular complexity index is 812. The summed E-state index contributed by atoms with van der Waals surface area (Å²) in [5.74, 6) is 0.297. The third-order valence-corrected chi connectivity index (χ3v) is 5.55. The second-order valence-electron chi connectivity index (χ2n) is 9.75. The van der Waals surface area contributed by atoms with E-state index in [-0.39, 0.29) is 6.61 Å². The number of carbonyl (C=O) groups is 2. The molecule has 2 rings (SSSR count). The summed E-state index contributed by atoms with van der Waals surface area (Å²) in [6, 6.07) is 5.20. The second-order valence-corrected chi connectivity index (χ2v) is 9.75. The van der Waals surface area contributed by atoms with Crippen LogP contribution in [0.4, 0.5) is 9.59 Å². The number of hydrogen-bond acceptors (Lipinski definition) is 7. The first-order valence-electron chi connectivity index (χ1n) is 11.0. The van der Waals surface area contributed by atoms with Crippen LogP contribution in [0.25, 0.3) is 0 Å². The highest BCUT2D eigenvalue weighted by Crippen LogP contribution is 2.37. The average molecular weight is 449 g/mol. The molecule has 32 heavy (non-hydrogen) atoms. The molecule has 1 aliphatic rings. The summed E-state index contributed by atoms with van der Waals surface area (Å²) in [7, 11) is -0.708. The third-order valence-electron chi connectivity index (χ3n) is 5.55. The van der Waals surface area contributed by atoms with Crippen LogP contribution in [0.3, 0.4) is 0 Å². The Morgan fingerprint density at radius 2 is 1.59 bits per heavy atom. The fraction of sp³-hybridized carbons (Fsp3) is 0.652. The Kier molecular flexibility index (Phi) is 7.89. The molecule has 1 heterocycles. The van der Waals surface area contributed by atoms with Crippen LogP contribution >= 0.6 is 0 Å². The van der Waals surface area contributed by atoms with Gasteiger partial charge in [0.15, 0.2) is 0 Å². The smallest absolute Gasteiger partial charge is 0.429 e. The highest BCUT2D eigenvalue weighted by molar-refractivity contribution is 6.63. The molecule has 1 amide bonds. The quantitative estimate of drug-likeness (QED) is 0.474. The second kappa shape index (κ2) is 9.71. The van der Waals surface area contributed by atoms with Crippen molar-refractivity contribution < 1.29 is 33.1 Å². The lowest BCUT2D eigenvalue weighted by molar-refractivity contribution is -0.0108. The van der Waals surface area contributed by atoms with Crippen LogP contribution in [0.15, 0.2) is 18.2 Å². The molecule has 1 saturated heterocycles. The number of amides is 1. The van der Waals surface area contributed by atoms with E-state index in [1.807, 2.05) is 41.5 Å². The molecule has 8 nitrogen and oxygen atoms in total. The number of ether oxygens (including phenoxy) is 3. The highest BCUT2D eigenvalue weighted by atomic mass is 16.7. The van der Waals surface area contributed by atoms with E-state index in [4.69, 9.17) is 23.5 Å². The van der Waals surface area contributed by atoms with Crippen LogP contribution in [-0.2, 0) is 25.4 Å². The molecule has 1 aromatic carbocycles. The molecular formula is C23H36BNO7. The molecule has 0 saturated carbocycles. The van der Waals surface area contributed by atoms with Gasteiger partial charge in [-0.2, -0.15) is 0 Å². The van der Waals surface area contributed by atoms with Crippen LogP contribution in [-0.4, -0.2) is 54.2 Å². The van der Waals surface area contributed by atoms with Gasteiger partial charge in [-0.15, -0.1) is 0 Å². The van der Waals surface area contributed by atoms with Gasteiger partial charge in [0.2, 0.25) is 0 Å². The van der Waals surface area contributed by atoms with Crippen LogP contribution in [0, 0.1) is 0 Å². The Morgan fingerprint density at radius 3 is 2.09 bits per heavy atom. The van der Waals surface area contributed by atoms with Crippen molar-refractivity contribution in [2.75, 3.05) is 13.1 Å². The summed E-state index contributed by atoms with van der Waals surface area (Å²) >= 11 is 0. The van der Waals surface area contributed by atoms with Gasteiger partial charge in [0.1, 0.15) is 18.0 Å². The van der Waals surface area contributed by atoms with Crippen LogP contribution in [0.2, 0.25) is 0 Å². The summed E-state index contributed by atoms with van der Waals surface area (Å²) in [4.78, 5) is 26.1. The lowest BCUT2D eigenvalue weighted by Crippen LogP contribution is -2.41. The largest absolute Gasteiger partial charge is 0.509 e. The molecule has 0 N–H and O–H groups in total. The molecule has 0 spiro atoms. The standard InChI is InChI=1S/C23H36BNO7/c1-10-25(11-2)19(26)29-18-14-16(15-28-20(27)30-21(3,4)5)12-13-17(18)24-31-22(6,7)23(8,9)32-24/h12-14H,10-11,15H2,1-9H3. The molecular weight excluding hydrogens is 413 g/mol. The summed E-state index contributed by atoms with van der Waals surface area (Å²) in [5.41, 5.74) is -0.516. The van der Waals surface area contributed by atoms with Gasteiger partial charge in [-0.3, -0.25) is 0 Å². The summed E-state index contributed by atoms with van der Waals surface area (Å²) < 4.78 is 28.4. The van der Waals surface area contributed by atoms with Gasteiger partial charge in [-0.1, -0.05) is 12.1 Å². The van der Waals surface area contributed by atoms with E-state index in [1.54, 1.807) is 43.9 Å². The van der Waals surface area contributed by atoms with Gasteiger partial charge in [-0.25, -0.2) is 9.59 Å². The summed E-state index contributed by atoms with van der Waals surface area (Å²) in [5, 5.41) is 0. The van der Waals surface area contributed by atoms with Gasteiger partial charge < -0.3 is 28.4 Å². The van der Waals surface area contributed by atoms with Gasteiger partial charge in [0.05, 0.1) is 11.2 Å². The van der Waals surface area contributed by atoms with Crippen LogP contribution in [0.5, 0.6) is 5.75 Å². The van der Waals surface area contributed by atoms with Crippen molar-refractivity contribution in [1.29, 1.82) is 0 Å². The van der Waals surface area contributed by atoms with E-state index in [2.05, 4.69) is 0 Å². The van der Waals surface area contributed by atoms with Crippen molar-refractivity contribution in [2.24, 2.45) is 0 Å². The Balaban J connectivity index is 2.29. The van der Waals surface area contributed by atoms with Crippen molar-refractivity contribution >= 4 is 24.8 Å². The van der Waals surface area contributed by atoms with Crippen molar-refractivity contribution in [3.63, 3.8) is 0 Å². The van der Waals surface area contributed by atoms with Crippen molar-refractivity contribution in [1.82, 2.24) is 4.90 Å². The Morgan fingerprint density at radius 1 is 1.03 bits per heavy atom. The minimum Gasteiger partial charge on any atom is -0.429 e. The predicted molar refractivity (Wildman–Crippen MR) is 122 cm³/mol. The third kappa shape index (κ3) is 6.39. The molecule has 1 fully saturated rings. The SMILES string of the molecule is CCN(CC)C(=O)Oc1cc(COC(=O)OC(C)(C)C)ccc1B1OC(C)(C)C(C)(C)O1. The van der Waals surface area contributed by atoms with Gasteiger partial charge in [0.25, 0.3) is 0 Å². The van der Waals surface area contributed by atoms with E-state index in [0.717, 1.165) is 0 Å². The zero-order chi connectivity index (χ0) is 24.3. The molecule has 1 aromatic rings. The number of hydrogen-bond donors (Lipinski definition) is 0. The topological polar surface area (TPSA) is 83.5 Å². The number of benzene rings is 1. The first kappa shape index (κ1) is 26.0. The zero-order valence-corrected chi connectivity index (χ0v) is 20.7. The molecule has 0 unspecified atom stereocenters. The maximum absolute atomic E-state index is 12.6. The normalized spacial score (nSPS) is 17.1. The molecule has 9 heteroatoms. The molecule has 1 aliphatic heterocycles. The van der Waals surface area contributed by atoms with Crippen molar-refractivity contribution in [3.8, 4) is 5.75 Å².